The van der Waals surface area contributed by atoms with E-state index in [1.165, 1.54) is 6.42 Å². The van der Waals surface area contributed by atoms with Gasteiger partial charge in [-0.05, 0) is 31.0 Å². The third-order valence-corrected chi connectivity index (χ3v) is 3.13. The molecule has 2 nitrogen and oxygen atoms in total. The van der Waals surface area contributed by atoms with Gasteiger partial charge in [-0.1, -0.05) is 23.7 Å². The Balaban J connectivity index is 2.13. The first-order valence-corrected chi connectivity index (χ1v) is 5.38. The smallest absolute Gasteiger partial charge is 0.0639 e. The maximum Gasteiger partial charge on any atom is 0.0639 e. The summed E-state index contributed by atoms with van der Waals surface area (Å²) >= 11 is 6.12. The Hall–Kier alpha value is -0.730. The Labute approximate surface area is 89.7 Å². The number of halogens is 1. The van der Waals surface area contributed by atoms with Crippen LogP contribution in [0.4, 0.5) is 5.69 Å². The molecule has 1 aromatic rings. The van der Waals surface area contributed by atoms with Crippen molar-refractivity contribution in [3.63, 3.8) is 0 Å². The van der Waals surface area contributed by atoms with Crippen LogP contribution in [-0.2, 0) is 0 Å². The van der Waals surface area contributed by atoms with E-state index in [1.54, 1.807) is 0 Å². The predicted octanol–water partition coefficient (Wildman–Crippen LogP) is 2.12. The summed E-state index contributed by atoms with van der Waals surface area (Å²) in [6.45, 7) is 2.90. The van der Waals surface area contributed by atoms with Crippen LogP contribution in [-0.4, -0.2) is 19.6 Å². The minimum Gasteiger partial charge on any atom is -0.370 e. The fourth-order valence-electron chi connectivity index (χ4n) is 1.95. The first-order valence-electron chi connectivity index (χ1n) is 5.01. The molecule has 1 saturated heterocycles. The van der Waals surface area contributed by atoms with Crippen molar-refractivity contribution in [3.8, 4) is 0 Å². The van der Waals surface area contributed by atoms with Gasteiger partial charge in [0.15, 0.2) is 0 Å². The van der Waals surface area contributed by atoms with Gasteiger partial charge in [-0.2, -0.15) is 0 Å². The molecule has 2 N–H and O–H groups in total. The lowest BCUT2D eigenvalue weighted by molar-refractivity contribution is 0.602. The van der Waals surface area contributed by atoms with Gasteiger partial charge in [-0.25, -0.2) is 0 Å². The van der Waals surface area contributed by atoms with Crippen LogP contribution >= 0.6 is 11.6 Å². The van der Waals surface area contributed by atoms with Crippen molar-refractivity contribution in [1.29, 1.82) is 0 Å². The third kappa shape index (κ3) is 1.86. The molecular formula is C11H15ClN2. The van der Waals surface area contributed by atoms with Crippen LogP contribution in [0.5, 0.6) is 0 Å². The van der Waals surface area contributed by atoms with Gasteiger partial charge in [0.2, 0.25) is 0 Å². The largest absolute Gasteiger partial charge is 0.370 e. The number of hydrogen-bond acceptors (Lipinski definition) is 2. The number of benzene rings is 1. The standard InChI is InChI=1S/C11H15ClN2/c12-10-3-1-2-4-11(10)14-6-5-9(7-13)8-14/h1-4,9H,5-8,13H2/t9-/m1/s1. The highest BCUT2D eigenvalue weighted by molar-refractivity contribution is 6.33. The van der Waals surface area contributed by atoms with E-state index in [-0.39, 0.29) is 0 Å². The van der Waals surface area contributed by atoms with E-state index in [1.807, 2.05) is 18.2 Å². The van der Waals surface area contributed by atoms with Gasteiger partial charge >= 0.3 is 0 Å². The molecule has 76 valence electrons. The van der Waals surface area contributed by atoms with Crippen LogP contribution in [0.2, 0.25) is 5.02 Å². The lowest BCUT2D eigenvalue weighted by atomic mass is 10.1. The maximum atomic E-state index is 6.12. The van der Waals surface area contributed by atoms with E-state index in [0.717, 1.165) is 30.3 Å². The van der Waals surface area contributed by atoms with Gasteiger partial charge in [-0.15, -0.1) is 0 Å². The molecule has 14 heavy (non-hydrogen) atoms. The van der Waals surface area contributed by atoms with E-state index in [2.05, 4.69) is 11.0 Å². The summed E-state index contributed by atoms with van der Waals surface area (Å²) in [5, 5.41) is 0.838. The average molecular weight is 211 g/mol. The highest BCUT2D eigenvalue weighted by Crippen LogP contribution is 2.29. The summed E-state index contributed by atoms with van der Waals surface area (Å²) in [7, 11) is 0. The van der Waals surface area contributed by atoms with Gasteiger partial charge in [0.1, 0.15) is 0 Å². The summed E-state index contributed by atoms with van der Waals surface area (Å²) < 4.78 is 0. The zero-order valence-electron chi connectivity index (χ0n) is 8.12. The molecule has 2 rings (SSSR count). The Bertz CT molecular complexity index is 314. The minimum absolute atomic E-state index is 0.631. The fraction of sp³-hybridized carbons (Fsp3) is 0.455. The summed E-state index contributed by atoms with van der Waals surface area (Å²) in [6, 6.07) is 7.99. The first-order chi connectivity index (χ1) is 6.81. The van der Waals surface area contributed by atoms with Crippen molar-refractivity contribution in [1.82, 2.24) is 0 Å². The number of para-hydroxylation sites is 1. The van der Waals surface area contributed by atoms with Crippen LogP contribution in [0.15, 0.2) is 24.3 Å². The Morgan fingerprint density at radius 1 is 1.43 bits per heavy atom. The minimum atomic E-state index is 0.631. The molecule has 1 aromatic carbocycles. The number of nitrogens with two attached hydrogens (primary N) is 1. The normalized spacial score (nSPS) is 21.6. The highest BCUT2D eigenvalue weighted by atomic mass is 35.5. The van der Waals surface area contributed by atoms with Crippen molar-refractivity contribution >= 4 is 17.3 Å². The van der Waals surface area contributed by atoms with Crippen molar-refractivity contribution < 1.29 is 0 Å². The molecule has 0 aromatic heterocycles. The molecular weight excluding hydrogens is 196 g/mol. The predicted molar refractivity (Wildman–Crippen MR) is 60.8 cm³/mol. The molecule has 0 aliphatic carbocycles. The summed E-state index contributed by atoms with van der Waals surface area (Å²) in [6.07, 6.45) is 1.18. The van der Waals surface area contributed by atoms with E-state index in [4.69, 9.17) is 17.3 Å². The van der Waals surface area contributed by atoms with Crippen LogP contribution < -0.4 is 10.6 Å². The Morgan fingerprint density at radius 3 is 2.86 bits per heavy atom. The summed E-state index contributed by atoms with van der Waals surface area (Å²) in [5.41, 5.74) is 6.80. The monoisotopic (exact) mass is 210 g/mol. The number of nitrogens with zero attached hydrogens (tertiary/aromatic N) is 1. The molecule has 1 fully saturated rings. The quantitative estimate of drug-likeness (QED) is 0.811. The molecule has 1 aliphatic rings. The second kappa shape index (κ2) is 4.20. The fourth-order valence-corrected chi connectivity index (χ4v) is 2.21. The summed E-state index contributed by atoms with van der Waals surface area (Å²) in [4.78, 5) is 2.32. The van der Waals surface area contributed by atoms with Crippen molar-refractivity contribution in [2.75, 3.05) is 24.5 Å². The van der Waals surface area contributed by atoms with Crippen LogP contribution in [0.25, 0.3) is 0 Å². The molecule has 0 unspecified atom stereocenters. The van der Waals surface area contributed by atoms with E-state index in [0.29, 0.717) is 5.92 Å². The van der Waals surface area contributed by atoms with Crippen LogP contribution in [0.1, 0.15) is 6.42 Å². The molecule has 0 saturated carbocycles. The van der Waals surface area contributed by atoms with Gasteiger partial charge < -0.3 is 10.6 Å². The number of anilines is 1. The van der Waals surface area contributed by atoms with E-state index >= 15 is 0 Å². The lowest BCUT2D eigenvalue weighted by Crippen LogP contribution is -2.22. The van der Waals surface area contributed by atoms with Crippen molar-refractivity contribution in [3.05, 3.63) is 29.3 Å². The number of rotatable bonds is 2. The molecule has 1 atom stereocenters. The second-order valence-corrected chi connectivity index (χ2v) is 4.20. The molecule has 0 amide bonds. The SMILES string of the molecule is NC[C@H]1CCN(c2ccccc2Cl)C1. The van der Waals surface area contributed by atoms with E-state index in [9.17, 15) is 0 Å². The average Bonchev–Trinajstić information content (AvgIpc) is 2.67. The van der Waals surface area contributed by atoms with Crippen LogP contribution in [0, 0.1) is 5.92 Å². The Kier molecular flexibility index (Phi) is 2.94. The Morgan fingerprint density at radius 2 is 2.21 bits per heavy atom. The maximum absolute atomic E-state index is 6.12. The molecule has 3 heteroatoms. The molecule has 1 heterocycles. The zero-order valence-corrected chi connectivity index (χ0v) is 8.87. The van der Waals surface area contributed by atoms with Gasteiger partial charge in [-0.3, -0.25) is 0 Å². The summed E-state index contributed by atoms with van der Waals surface area (Å²) in [5.74, 6) is 0.631. The third-order valence-electron chi connectivity index (χ3n) is 2.81. The van der Waals surface area contributed by atoms with Gasteiger partial charge in [0.25, 0.3) is 0 Å². The molecule has 0 spiro atoms. The highest BCUT2D eigenvalue weighted by Gasteiger charge is 2.22. The zero-order chi connectivity index (χ0) is 9.97. The van der Waals surface area contributed by atoms with Crippen molar-refractivity contribution in [2.24, 2.45) is 11.7 Å². The topological polar surface area (TPSA) is 29.3 Å². The van der Waals surface area contributed by atoms with Gasteiger partial charge in [0, 0.05) is 13.1 Å². The molecule has 0 radical (unpaired) electrons. The second-order valence-electron chi connectivity index (χ2n) is 3.79. The first kappa shape index (κ1) is 9.81. The lowest BCUT2D eigenvalue weighted by Gasteiger charge is -2.19. The van der Waals surface area contributed by atoms with Gasteiger partial charge in [0.05, 0.1) is 10.7 Å². The van der Waals surface area contributed by atoms with Crippen LogP contribution in [0.3, 0.4) is 0 Å². The van der Waals surface area contributed by atoms with E-state index < -0.39 is 0 Å². The van der Waals surface area contributed by atoms with Crippen molar-refractivity contribution in [2.45, 2.75) is 6.42 Å². The molecule has 1 aliphatic heterocycles. The number of hydrogen-bond donors (Lipinski definition) is 1. The molecule has 0 bridgehead atoms.